The van der Waals surface area contributed by atoms with Crippen molar-refractivity contribution in [2.45, 2.75) is 32.6 Å². The first-order valence-corrected chi connectivity index (χ1v) is 8.52. The molecule has 0 spiro atoms. The predicted octanol–water partition coefficient (Wildman–Crippen LogP) is 3.77. The summed E-state index contributed by atoms with van der Waals surface area (Å²) in [6.07, 6.45) is 0. The number of carbonyl (C=O) groups is 3. The number of ketones is 2. The number of anilines is 1. The molecule has 0 atom stereocenters. The molecule has 0 aliphatic heterocycles. The molecule has 126 valence electrons. The topological polar surface area (TPSA) is 79.0 Å². The second kappa shape index (κ2) is 7.49. The van der Waals surface area contributed by atoms with Gasteiger partial charge in [-0.15, -0.1) is 11.8 Å². The van der Waals surface area contributed by atoms with Crippen LogP contribution in [0.15, 0.2) is 29.2 Å². The van der Waals surface area contributed by atoms with Crippen molar-refractivity contribution in [1.82, 2.24) is 4.98 Å². The quantitative estimate of drug-likeness (QED) is 0.617. The highest BCUT2D eigenvalue weighted by atomic mass is 32.2. The first kappa shape index (κ1) is 18.0. The third-order valence-corrected chi connectivity index (χ3v) is 4.63. The normalized spacial score (nSPS) is 10.5. The van der Waals surface area contributed by atoms with Crippen LogP contribution in [0, 0.1) is 13.8 Å². The number of hydrogen-bond acceptors (Lipinski definition) is 4. The first-order valence-electron chi connectivity index (χ1n) is 7.53. The van der Waals surface area contributed by atoms with Crippen LogP contribution in [-0.4, -0.2) is 28.2 Å². The molecule has 0 bridgehead atoms. The second-order valence-corrected chi connectivity index (χ2v) is 6.65. The molecule has 0 saturated carbocycles. The van der Waals surface area contributed by atoms with Gasteiger partial charge in [0.25, 0.3) is 0 Å². The maximum Gasteiger partial charge on any atom is 0.221 e. The Hall–Kier alpha value is -2.34. The Kier molecular flexibility index (Phi) is 5.62. The molecule has 0 unspecified atom stereocenters. The van der Waals surface area contributed by atoms with Crippen LogP contribution < -0.4 is 5.32 Å². The minimum absolute atomic E-state index is 0.0403. The Balaban J connectivity index is 2.04. The molecule has 0 aliphatic carbocycles. The zero-order valence-electron chi connectivity index (χ0n) is 14.1. The summed E-state index contributed by atoms with van der Waals surface area (Å²) < 4.78 is 0. The molecule has 1 heterocycles. The van der Waals surface area contributed by atoms with E-state index in [2.05, 4.69) is 10.3 Å². The van der Waals surface area contributed by atoms with Crippen LogP contribution in [0.3, 0.4) is 0 Å². The Bertz CT molecular complexity index is 791. The number of aryl methyl sites for hydroxylation is 1. The van der Waals surface area contributed by atoms with Crippen molar-refractivity contribution < 1.29 is 14.4 Å². The molecule has 24 heavy (non-hydrogen) atoms. The number of H-pyrrole nitrogens is 1. The van der Waals surface area contributed by atoms with Gasteiger partial charge in [-0.1, -0.05) is 0 Å². The van der Waals surface area contributed by atoms with Gasteiger partial charge in [0.1, 0.15) is 0 Å². The highest BCUT2D eigenvalue weighted by Crippen LogP contribution is 2.24. The monoisotopic (exact) mass is 344 g/mol. The molecule has 2 rings (SSSR count). The fraction of sp³-hybridized carbons (Fsp3) is 0.278. The van der Waals surface area contributed by atoms with Crippen molar-refractivity contribution in [1.29, 1.82) is 0 Å². The average molecular weight is 344 g/mol. The number of hydrogen-bond donors (Lipinski definition) is 2. The van der Waals surface area contributed by atoms with E-state index in [1.54, 1.807) is 26.0 Å². The summed E-state index contributed by atoms with van der Waals surface area (Å²) in [6, 6.07) is 7.31. The fourth-order valence-electron chi connectivity index (χ4n) is 2.62. The van der Waals surface area contributed by atoms with Gasteiger partial charge < -0.3 is 10.3 Å². The van der Waals surface area contributed by atoms with Gasteiger partial charge >= 0.3 is 0 Å². The van der Waals surface area contributed by atoms with Gasteiger partial charge in [-0.3, -0.25) is 14.4 Å². The molecule has 6 heteroatoms. The van der Waals surface area contributed by atoms with Crippen LogP contribution in [0.2, 0.25) is 0 Å². The highest BCUT2D eigenvalue weighted by Gasteiger charge is 2.19. The maximum atomic E-state index is 12.4. The smallest absolute Gasteiger partial charge is 0.221 e. The lowest BCUT2D eigenvalue weighted by Crippen LogP contribution is -2.06. The third-order valence-electron chi connectivity index (χ3n) is 3.61. The van der Waals surface area contributed by atoms with E-state index in [4.69, 9.17) is 0 Å². The minimum atomic E-state index is -0.121. The van der Waals surface area contributed by atoms with E-state index in [1.807, 2.05) is 12.1 Å². The Morgan fingerprint density at radius 3 is 2.21 bits per heavy atom. The van der Waals surface area contributed by atoms with Crippen LogP contribution in [0.4, 0.5) is 5.69 Å². The maximum absolute atomic E-state index is 12.4. The van der Waals surface area contributed by atoms with Crippen LogP contribution in [0.5, 0.6) is 0 Å². The minimum Gasteiger partial charge on any atom is -0.355 e. The van der Waals surface area contributed by atoms with E-state index in [0.717, 1.165) is 16.3 Å². The van der Waals surface area contributed by atoms with Crippen molar-refractivity contribution in [2.24, 2.45) is 0 Å². The SMILES string of the molecule is CC(=O)Nc1ccc(SCC(=O)c2[nH]c(C)c(C(C)=O)c2C)cc1. The largest absolute Gasteiger partial charge is 0.355 e. The van der Waals surface area contributed by atoms with Crippen molar-refractivity contribution in [3.8, 4) is 0 Å². The number of carbonyl (C=O) groups excluding carboxylic acids is 3. The van der Waals surface area contributed by atoms with Gasteiger partial charge in [-0.25, -0.2) is 0 Å². The Morgan fingerprint density at radius 1 is 1.08 bits per heavy atom. The summed E-state index contributed by atoms with van der Waals surface area (Å²) in [4.78, 5) is 39.0. The van der Waals surface area contributed by atoms with E-state index in [-0.39, 0.29) is 23.2 Å². The zero-order valence-corrected chi connectivity index (χ0v) is 15.0. The van der Waals surface area contributed by atoms with Crippen LogP contribution >= 0.6 is 11.8 Å². The zero-order chi connectivity index (χ0) is 17.9. The molecule has 0 radical (unpaired) electrons. The van der Waals surface area contributed by atoms with Gasteiger partial charge in [0.15, 0.2) is 11.6 Å². The molecular formula is C18H20N2O3S. The van der Waals surface area contributed by atoms with Crippen LogP contribution in [0.25, 0.3) is 0 Å². The lowest BCUT2D eigenvalue weighted by Gasteiger charge is -2.04. The summed E-state index contributed by atoms with van der Waals surface area (Å²) in [7, 11) is 0. The summed E-state index contributed by atoms with van der Waals surface area (Å²) in [5.74, 6) is 0.0717. The van der Waals surface area contributed by atoms with E-state index >= 15 is 0 Å². The van der Waals surface area contributed by atoms with E-state index < -0.39 is 0 Å². The number of rotatable bonds is 6. The molecule has 1 amide bonds. The predicted molar refractivity (Wildman–Crippen MR) is 96.1 cm³/mol. The van der Waals surface area contributed by atoms with Crippen LogP contribution in [-0.2, 0) is 4.79 Å². The summed E-state index contributed by atoms with van der Waals surface area (Å²) in [5, 5.41) is 2.70. The summed E-state index contributed by atoms with van der Waals surface area (Å²) in [5.41, 5.74) is 3.27. The molecule has 0 fully saturated rings. The number of Topliss-reactive ketones (excluding diaryl/α,β-unsaturated/α-hetero) is 2. The summed E-state index contributed by atoms with van der Waals surface area (Å²) in [6.45, 7) is 6.55. The summed E-state index contributed by atoms with van der Waals surface area (Å²) >= 11 is 1.42. The number of amides is 1. The molecular weight excluding hydrogens is 324 g/mol. The van der Waals surface area contributed by atoms with Gasteiger partial charge in [0.2, 0.25) is 5.91 Å². The lowest BCUT2D eigenvalue weighted by molar-refractivity contribution is -0.114. The highest BCUT2D eigenvalue weighted by molar-refractivity contribution is 8.00. The molecule has 5 nitrogen and oxygen atoms in total. The fourth-order valence-corrected chi connectivity index (χ4v) is 3.39. The molecule has 2 N–H and O–H groups in total. The second-order valence-electron chi connectivity index (χ2n) is 5.60. The standard InChI is InChI=1S/C18H20N2O3S/c1-10-17(12(3)21)11(2)19-18(10)16(23)9-24-15-7-5-14(6-8-15)20-13(4)22/h5-8,19H,9H2,1-4H3,(H,20,22). The van der Waals surface area contributed by atoms with Gasteiger partial charge in [0.05, 0.1) is 11.4 Å². The molecule has 0 aliphatic rings. The third kappa shape index (κ3) is 4.14. The van der Waals surface area contributed by atoms with Crippen molar-refractivity contribution in [3.05, 3.63) is 46.8 Å². The molecule has 2 aromatic rings. The van der Waals surface area contributed by atoms with E-state index in [1.165, 1.54) is 25.6 Å². The van der Waals surface area contributed by atoms with Crippen molar-refractivity contribution in [3.63, 3.8) is 0 Å². The van der Waals surface area contributed by atoms with Crippen LogP contribution in [0.1, 0.15) is 46.0 Å². The van der Waals surface area contributed by atoms with E-state index in [9.17, 15) is 14.4 Å². The molecule has 1 aromatic heterocycles. The van der Waals surface area contributed by atoms with Crippen molar-refractivity contribution >= 4 is 34.9 Å². The first-order chi connectivity index (χ1) is 11.3. The van der Waals surface area contributed by atoms with Crippen molar-refractivity contribution in [2.75, 3.05) is 11.1 Å². The Morgan fingerprint density at radius 2 is 1.71 bits per heavy atom. The molecule has 1 aromatic carbocycles. The van der Waals surface area contributed by atoms with Gasteiger partial charge in [-0.2, -0.15) is 0 Å². The number of thioether (sulfide) groups is 1. The van der Waals surface area contributed by atoms with Gasteiger partial charge in [0, 0.05) is 28.8 Å². The number of nitrogens with one attached hydrogen (secondary N) is 2. The van der Waals surface area contributed by atoms with Gasteiger partial charge in [-0.05, 0) is 50.6 Å². The number of aromatic amines is 1. The van der Waals surface area contributed by atoms with E-state index in [0.29, 0.717) is 16.8 Å². The number of aromatic nitrogens is 1. The molecule has 0 saturated heterocycles. The number of benzene rings is 1. The Labute approximate surface area is 145 Å². The average Bonchev–Trinajstić information content (AvgIpc) is 2.80. The lowest BCUT2D eigenvalue weighted by atomic mass is 10.1.